The average molecular weight is 318 g/mol. The van der Waals surface area contributed by atoms with Gasteiger partial charge >= 0.3 is 11.9 Å². The van der Waals surface area contributed by atoms with E-state index in [2.05, 4.69) is 0 Å². The number of rotatable bonds is 4. The molecule has 0 unspecified atom stereocenters. The highest BCUT2D eigenvalue weighted by molar-refractivity contribution is 8.20. The Morgan fingerprint density at radius 2 is 1.85 bits per heavy atom. The lowest BCUT2D eigenvalue weighted by Crippen LogP contribution is -2.34. The van der Waals surface area contributed by atoms with Crippen molar-refractivity contribution in [1.82, 2.24) is 0 Å². The van der Waals surface area contributed by atoms with Gasteiger partial charge in [0, 0.05) is 17.4 Å². The Kier molecular flexibility index (Phi) is 5.66. The van der Waals surface area contributed by atoms with Crippen molar-refractivity contribution >= 4 is 35.5 Å². The third-order valence-electron chi connectivity index (χ3n) is 4.14. The molecule has 1 aliphatic heterocycles. The van der Waals surface area contributed by atoms with E-state index in [0.717, 1.165) is 17.9 Å². The van der Waals surface area contributed by atoms with Gasteiger partial charge in [-0.1, -0.05) is 6.92 Å². The molecule has 20 heavy (non-hydrogen) atoms. The van der Waals surface area contributed by atoms with E-state index in [1.54, 1.807) is 0 Å². The van der Waals surface area contributed by atoms with Gasteiger partial charge in [0.15, 0.2) is 0 Å². The first-order chi connectivity index (χ1) is 9.60. The predicted octanol–water partition coefficient (Wildman–Crippen LogP) is 2.42. The summed E-state index contributed by atoms with van der Waals surface area (Å²) in [6.07, 6.45) is 0.723. The lowest BCUT2D eigenvalue weighted by atomic mass is 9.88. The Morgan fingerprint density at radius 3 is 2.40 bits per heavy atom. The second-order valence-electron chi connectivity index (χ2n) is 5.31. The van der Waals surface area contributed by atoms with Crippen LogP contribution in [0.2, 0.25) is 0 Å². The van der Waals surface area contributed by atoms with Crippen molar-refractivity contribution in [3.63, 3.8) is 0 Å². The zero-order valence-electron chi connectivity index (χ0n) is 12.2. The van der Waals surface area contributed by atoms with Gasteiger partial charge in [-0.2, -0.15) is 0 Å². The van der Waals surface area contributed by atoms with Crippen LogP contribution < -0.4 is 0 Å². The summed E-state index contributed by atoms with van der Waals surface area (Å²) in [7, 11) is 1.43. The van der Waals surface area contributed by atoms with Crippen LogP contribution in [-0.4, -0.2) is 41.7 Å². The number of carbonyl (C=O) groups excluding carboxylic acids is 2. The maximum absolute atomic E-state index is 12.2. The predicted molar refractivity (Wildman–Crippen MR) is 81.6 cm³/mol. The van der Waals surface area contributed by atoms with E-state index in [4.69, 9.17) is 9.47 Å². The monoisotopic (exact) mass is 318 g/mol. The number of methoxy groups -OCH3 is 1. The van der Waals surface area contributed by atoms with E-state index >= 15 is 0 Å². The Bertz CT molecular complexity index is 368. The van der Waals surface area contributed by atoms with E-state index in [1.165, 1.54) is 7.11 Å². The topological polar surface area (TPSA) is 52.6 Å². The standard InChI is InChI=1S/C14H22O4S2/c1-4-18-12(15)9-7-8(2)10(13(16)17-3)11(9)14-19-5-6-20-14/h8-11,14H,4-7H2,1-3H3/t8-,9+,10-,11+/m1/s1. The van der Waals surface area contributed by atoms with Gasteiger partial charge < -0.3 is 9.47 Å². The van der Waals surface area contributed by atoms with Crippen molar-refractivity contribution in [1.29, 1.82) is 0 Å². The molecule has 114 valence electrons. The second kappa shape index (κ2) is 7.07. The molecule has 1 saturated heterocycles. The van der Waals surface area contributed by atoms with Gasteiger partial charge in [0.1, 0.15) is 0 Å². The van der Waals surface area contributed by atoms with Crippen LogP contribution >= 0.6 is 23.5 Å². The van der Waals surface area contributed by atoms with E-state index in [1.807, 2.05) is 37.4 Å². The van der Waals surface area contributed by atoms with Crippen LogP contribution in [0.5, 0.6) is 0 Å². The Morgan fingerprint density at radius 1 is 1.20 bits per heavy atom. The number of carbonyl (C=O) groups is 2. The van der Waals surface area contributed by atoms with E-state index < -0.39 is 0 Å². The molecule has 4 atom stereocenters. The Labute approximate surface area is 128 Å². The molecule has 0 N–H and O–H groups in total. The number of ether oxygens (including phenoxy) is 2. The van der Waals surface area contributed by atoms with Gasteiger partial charge in [0.2, 0.25) is 0 Å². The van der Waals surface area contributed by atoms with Gasteiger partial charge in [-0.05, 0) is 19.3 Å². The van der Waals surface area contributed by atoms with Crippen molar-refractivity contribution < 1.29 is 19.1 Å². The van der Waals surface area contributed by atoms with E-state index in [0.29, 0.717) is 11.2 Å². The van der Waals surface area contributed by atoms with Crippen molar-refractivity contribution in [2.24, 2.45) is 23.7 Å². The van der Waals surface area contributed by atoms with Gasteiger partial charge in [-0.15, -0.1) is 23.5 Å². The molecule has 0 bridgehead atoms. The lowest BCUT2D eigenvalue weighted by Gasteiger charge is -2.27. The summed E-state index contributed by atoms with van der Waals surface area (Å²) in [6, 6.07) is 0. The average Bonchev–Trinajstić information content (AvgIpc) is 3.05. The zero-order valence-corrected chi connectivity index (χ0v) is 13.8. The summed E-state index contributed by atoms with van der Waals surface area (Å²) in [5, 5.41) is 0. The molecular formula is C14H22O4S2. The van der Waals surface area contributed by atoms with Crippen LogP contribution in [0.1, 0.15) is 20.3 Å². The minimum atomic E-state index is -0.183. The molecule has 0 spiro atoms. The summed E-state index contributed by atoms with van der Waals surface area (Å²) in [4.78, 5) is 24.3. The zero-order chi connectivity index (χ0) is 14.7. The number of thioether (sulfide) groups is 2. The molecule has 1 aliphatic carbocycles. The normalized spacial score (nSPS) is 34.1. The quantitative estimate of drug-likeness (QED) is 0.742. The smallest absolute Gasteiger partial charge is 0.309 e. The maximum Gasteiger partial charge on any atom is 0.309 e. The molecule has 2 fully saturated rings. The van der Waals surface area contributed by atoms with Crippen LogP contribution in [0.4, 0.5) is 0 Å². The van der Waals surface area contributed by atoms with Gasteiger partial charge in [-0.25, -0.2) is 0 Å². The number of hydrogen-bond donors (Lipinski definition) is 0. The van der Waals surface area contributed by atoms with Crippen molar-refractivity contribution in [2.75, 3.05) is 25.2 Å². The fourth-order valence-electron chi connectivity index (χ4n) is 3.32. The van der Waals surface area contributed by atoms with Crippen molar-refractivity contribution in [3.05, 3.63) is 0 Å². The fraction of sp³-hybridized carbons (Fsp3) is 0.857. The molecule has 0 aromatic carbocycles. The number of esters is 2. The largest absolute Gasteiger partial charge is 0.469 e. The Balaban J connectivity index is 2.22. The molecule has 4 nitrogen and oxygen atoms in total. The molecule has 1 saturated carbocycles. The van der Waals surface area contributed by atoms with Crippen LogP contribution in [0.15, 0.2) is 0 Å². The molecule has 0 aromatic heterocycles. The summed E-state index contributed by atoms with van der Waals surface area (Å²) in [5.41, 5.74) is 0. The van der Waals surface area contributed by atoms with Gasteiger partial charge in [0.05, 0.1) is 30.1 Å². The molecule has 6 heteroatoms. The van der Waals surface area contributed by atoms with Crippen molar-refractivity contribution in [2.45, 2.75) is 24.9 Å². The minimum Gasteiger partial charge on any atom is -0.469 e. The van der Waals surface area contributed by atoms with E-state index in [-0.39, 0.29) is 35.6 Å². The minimum absolute atomic E-state index is 0.0361. The highest BCUT2D eigenvalue weighted by Gasteiger charge is 2.53. The molecule has 0 radical (unpaired) electrons. The van der Waals surface area contributed by atoms with Crippen LogP contribution in [0, 0.1) is 23.7 Å². The SMILES string of the molecule is CCOC(=O)[C@H]1C[C@@H](C)[C@@H](C(=O)OC)[C@H]1C1SCCS1. The highest BCUT2D eigenvalue weighted by atomic mass is 32.2. The first-order valence-electron chi connectivity index (χ1n) is 7.07. The van der Waals surface area contributed by atoms with Crippen molar-refractivity contribution in [3.8, 4) is 0 Å². The fourth-order valence-corrected chi connectivity index (χ4v) is 6.68. The van der Waals surface area contributed by atoms with Crippen LogP contribution in [0.3, 0.4) is 0 Å². The van der Waals surface area contributed by atoms with Gasteiger partial charge in [0.25, 0.3) is 0 Å². The summed E-state index contributed by atoms with van der Waals surface area (Å²) in [6.45, 7) is 4.25. The molecular weight excluding hydrogens is 296 g/mol. The molecule has 2 rings (SSSR count). The third kappa shape index (κ3) is 3.11. The summed E-state index contributed by atoms with van der Waals surface area (Å²) >= 11 is 3.72. The molecule has 0 amide bonds. The van der Waals surface area contributed by atoms with Gasteiger partial charge in [-0.3, -0.25) is 9.59 Å². The summed E-state index contributed by atoms with van der Waals surface area (Å²) < 4.78 is 10.5. The van der Waals surface area contributed by atoms with Crippen LogP contribution in [-0.2, 0) is 19.1 Å². The lowest BCUT2D eigenvalue weighted by molar-refractivity contribution is -0.151. The first-order valence-corrected chi connectivity index (χ1v) is 9.17. The van der Waals surface area contributed by atoms with E-state index in [9.17, 15) is 9.59 Å². The first kappa shape index (κ1) is 16.0. The maximum atomic E-state index is 12.2. The number of hydrogen-bond acceptors (Lipinski definition) is 6. The summed E-state index contributed by atoms with van der Waals surface area (Å²) in [5.74, 6) is 1.70. The highest BCUT2D eigenvalue weighted by Crippen LogP contribution is 2.52. The van der Waals surface area contributed by atoms with Crippen LogP contribution in [0.25, 0.3) is 0 Å². The molecule has 1 heterocycles. The third-order valence-corrected chi connectivity index (χ3v) is 7.38. The molecule has 0 aromatic rings. The second-order valence-corrected chi connectivity index (χ2v) is 8.11. The Hall–Kier alpha value is -0.360. The molecule has 2 aliphatic rings.